The SMILES string of the molecule is COc1ccc2c(-c3ccccc3)cc(SCC(=O)NC(=O)NCC(C)C)nc2c1. The number of ether oxygens (including phenoxy) is 1. The third-order valence-corrected chi connectivity index (χ3v) is 5.26. The zero-order valence-electron chi connectivity index (χ0n) is 17.3. The molecule has 30 heavy (non-hydrogen) atoms. The number of hydrogen-bond acceptors (Lipinski definition) is 5. The van der Waals surface area contributed by atoms with Gasteiger partial charge < -0.3 is 10.1 Å². The van der Waals surface area contributed by atoms with Crippen LogP contribution in [0.4, 0.5) is 4.79 Å². The fourth-order valence-electron chi connectivity index (χ4n) is 2.88. The number of carbonyl (C=O) groups excluding carboxylic acids is 2. The highest BCUT2D eigenvalue weighted by atomic mass is 32.2. The summed E-state index contributed by atoms with van der Waals surface area (Å²) in [6.45, 7) is 4.49. The van der Waals surface area contributed by atoms with Gasteiger partial charge in [-0.25, -0.2) is 9.78 Å². The van der Waals surface area contributed by atoms with Crippen LogP contribution in [-0.4, -0.2) is 36.3 Å². The number of nitrogens with one attached hydrogen (secondary N) is 2. The van der Waals surface area contributed by atoms with E-state index in [-0.39, 0.29) is 11.7 Å². The Labute approximate surface area is 180 Å². The molecule has 3 rings (SSSR count). The van der Waals surface area contributed by atoms with Crippen LogP contribution in [0.1, 0.15) is 13.8 Å². The molecule has 0 spiro atoms. The van der Waals surface area contributed by atoms with Crippen LogP contribution in [0.15, 0.2) is 59.6 Å². The van der Waals surface area contributed by atoms with Crippen LogP contribution in [0.3, 0.4) is 0 Å². The first-order chi connectivity index (χ1) is 14.5. The van der Waals surface area contributed by atoms with Crippen molar-refractivity contribution in [1.29, 1.82) is 0 Å². The lowest BCUT2D eigenvalue weighted by Crippen LogP contribution is -2.41. The van der Waals surface area contributed by atoms with Gasteiger partial charge in [0.15, 0.2) is 0 Å². The van der Waals surface area contributed by atoms with Crippen molar-refractivity contribution in [3.05, 3.63) is 54.6 Å². The average molecular weight is 424 g/mol. The van der Waals surface area contributed by atoms with E-state index in [1.807, 2.05) is 68.4 Å². The topological polar surface area (TPSA) is 80.3 Å². The van der Waals surface area contributed by atoms with Gasteiger partial charge in [-0.15, -0.1) is 0 Å². The first-order valence-electron chi connectivity index (χ1n) is 9.71. The number of nitrogens with zero attached hydrogens (tertiary/aromatic N) is 1. The molecule has 2 N–H and O–H groups in total. The predicted molar refractivity (Wildman–Crippen MR) is 121 cm³/mol. The molecule has 6 nitrogen and oxygen atoms in total. The molecule has 0 aliphatic carbocycles. The van der Waals surface area contributed by atoms with E-state index in [9.17, 15) is 9.59 Å². The minimum Gasteiger partial charge on any atom is -0.497 e. The minimum atomic E-state index is -0.476. The first-order valence-corrected chi connectivity index (χ1v) is 10.7. The van der Waals surface area contributed by atoms with Gasteiger partial charge in [-0.05, 0) is 35.2 Å². The van der Waals surface area contributed by atoms with Crippen molar-refractivity contribution in [2.75, 3.05) is 19.4 Å². The fourth-order valence-corrected chi connectivity index (χ4v) is 3.60. The van der Waals surface area contributed by atoms with E-state index in [0.29, 0.717) is 17.5 Å². The number of benzene rings is 2. The summed E-state index contributed by atoms with van der Waals surface area (Å²) >= 11 is 1.29. The molecule has 3 aromatic rings. The van der Waals surface area contributed by atoms with Crippen molar-refractivity contribution in [1.82, 2.24) is 15.6 Å². The zero-order valence-corrected chi connectivity index (χ0v) is 18.1. The fraction of sp³-hybridized carbons (Fsp3) is 0.261. The van der Waals surface area contributed by atoms with E-state index in [4.69, 9.17) is 4.74 Å². The molecular formula is C23H25N3O3S. The van der Waals surface area contributed by atoms with Crippen molar-refractivity contribution in [2.24, 2.45) is 5.92 Å². The second-order valence-electron chi connectivity index (χ2n) is 7.20. The van der Waals surface area contributed by atoms with E-state index < -0.39 is 6.03 Å². The number of fused-ring (bicyclic) bond motifs is 1. The lowest BCUT2D eigenvalue weighted by molar-refractivity contribution is -0.117. The summed E-state index contributed by atoms with van der Waals surface area (Å²) in [5.74, 6) is 0.757. The quantitative estimate of drug-likeness (QED) is 0.548. The molecule has 3 amide bonds. The smallest absolute Gasteiger partial charge is 0.321 e. The lowest BCUT2D eigenvalue weighted by Gasteiger charge is -2.11. The highest BCUT2D eigenvalue weighted by molar-refractivity contribution is 7.99. The summed E-state index contributed by atoms with van der Waals surface area (Å²) in [6, 6.07) is 17.3. The van der Waals surface area contributed by atoms with Crippen LogP contribution in [0.25, 0.3) is 22.0 Å². The average Bonchev–Trinajstić information content (AvgIpc) is 2.75. The zero-order chi connectivity index (χ0) is 21.5. The number of hydrogen-bond donors (Lipinski definition) is 2. The summed E-state index contributed by atoms with van der Waals surface area (Å²) in [5, 5.41) is 6.72. The standard InChI is InChI=1S/C23H25N3O3S/c1-15(2)13-24-23(28)26-21(27)14-30-22-12-19(16-7-5-4-6-8-16)18-10-9-17(29-3)11-20(18)25-22/h4-12,15H,13-14H2,1-3H3,(H2,24,26,27,28). The number of aromatic nitrogens is 1. The van der Waals surface area contributed by atoms with Crippen molar-refractivity contribution in [2.45, 2.75) is 18.9 Å². The highest BCUT2D eigenvalue weighted by Gasteiger charge is 2.12. The first kappa shape index (κ1) is 21.6. The summed E-state index contributed by atoms with van der Waals surface area (Å²) in [6.07, 6.45) is 0. The molecule has 0 aliphatic rings. The van der Waals surface area contributed by atoms with Gasteiger partial charge in [0.25, 0.3) is 0 Å². The molecule has 1 heterocycles. The van der Waals surface area contributed by atoms with E-state index in [1.54, 1.807) is 7.11 Å². The maximum atomic E-state index is 12.1. The largest absolute Gasteiger partial charge is 0.497 e. The number of carbonyl (C=O) groups is 2. The summed E-state index contributed by atoms with van der Waals surface area (Å²) < 4.78 is 5.33. The Balaban J connectivity index is 1.80. The number of urea groups is 1. The summed E-state index contributed by atoms with van der Waals surface area (Å²) in [5.41, 5.74) is 2.88. The minimum absolute atomic E-state index is 0.0891. The predicted octanol–water partition coefficient (Wildman–Crippen LogP) is 4.48. The van der Waals surface area contributed by atoms with E-state index in [2.05, 4.69) is 15.6 Å². The molecule has 0 unspecified atom stereocenters. The second kappa shape index (κ2) is 10.1. The molecular weight excluding hydrogens is 398 g/mol. The molecule has 0 bridgehead atoms. The number of methoxy groups -OCH3 is 1. The maximum absolute atomic E-state index is 12.1. The third kappa shape index (κ3) is 5.73. The Morgan fingerprint density at radius 2 is 1.87 bits per heavy atom. The second-order valence-corrected chi connectivity index (χ2v) is 8.19. The van der Waals surface area contributed by atoms with Gasteiger partial charge in [0.05, 0.1) is 23.4 Å². The van der Waals surface area contributed by atoms with Gasteiger partial charge in [0.2, 0.25) is 5.91 Å². The van der Waals surface area contributed by atoms with Crippen LogP contribution in [0, 0.1) is 5.92 Å². The number of imide groups is 1. The molecule has 0 atom stereocenters. The van der Waals surface area contributed by atoms with Crippen molar-refractivity contribution < 1.29 is 14.3 Å². The number of thioether (sulfide) groups is 1. The van der Waals surface area contributed by atoms with Gasteiger partial charge in [-0.2, -0.15) is 0 Å². The molecule has 0 saturated heterocycles. The Morgan fingerprint density at radius 3 is 2.57 bits per heavy atom. The van der Waals surface area contributed by atoms with Gasteiger partial charge in [-0.1, -0.05) is 55.9 Å². The normalized spacial score (nSPS) is 10.8. The van der Waals surface area contributed by atoms with Gasteiger partial charge in [0, 0.05) is 18.0 Å². The van der Waals surface area contributed by atoms with Gasteiger partial charge in [0.1, 0.15) is 5.75 Å². The van der Waals surface area contributed by atoms with Crippen LogP contribution >= 0.6 is 11.8 Å². The van der Waals surface area contributed by atoms with Crippen molar-refractivity contribution >= 4 is 34.6 Å². The maximum Gasteiger partial charge on any atom is 0.321 e. The molecule has 156 valence electrons. The van der Waals surface area contributed by atoms with Gasteiger partial charge in [-0.3, -0.25) is 10.1 Å². The summed E-state index contributed by atoms with van der Waals surface area (Å²) in [4.78, 5) is 28.6. The Kier molecular flexibility index (Phi) is 7.30. The Hall–Kier alpha value is -3.06. The van der Waals surface area contributed by atoms with E-state index in [0.717, 1.165) is 27.8 Å². The monoisotopic (exact) mass is 423 g/mol. The molecule has 7 heteroatoms. The van der Waals surface area contributed by atoms with Gasteiger partial charge >= 0.3 is 6.03 Å². The third-order valence-electron chi connectivity index (χ3n) is 4.35. The number of amides is 3. The van der Waals surface area contributed by atoms with Crippen LogP contribution in [-0.2, 0) is 4.79 Å². The van der Waals surface area contributed by atoms with Crippen LogP contribution < -0.4 is 15.4 Å². The lowest BCUT2D eigenvalue weighted by atomic mass is 10.0. The molecule has 1 aromatic heterocycles. The molecule has 0 fully saturated rings. The molecule has 0 saturated carbocycles. The molecule has 0 aliphatic heterocycles. The van der Waals surface area contributed by atoms with E-state index in [1.165, 1.54) is 11.8 Å². The Morgan fingerprint density at radius 1 is 1.10 bits per heavy atom. The number of pyridine rings is 1. The van der Waals surface area contributed by atoms with Crippen LogP contribution in [0.2, 0.25) is 0 Å². The van der Waals surface area contributed by atoms with Crippen molar-refractivity contribution in [3.8, 4) is 16.9 Å². The highest BCUT2D eigenvalue weighted by Crippen LogP contribution is 2.33. The Bertz CT molecular complexity index is 1040. The number of rotatable bonds is 7. The molecule has 2 aromatic carbocycles. The molecule has 0 radical (unpaired) electrons. The van der Waals surface area contributed by atoms with Crippen molar-refractivity contribution in [3.63, 3.8) is 0 Å². The van der Waals surface area contributed by atoms with E-state index >= 15 is 0 Å². The van der Waals surface area contributed by atoms with Crippen LogP contribution in [0.5, 0.6) is 5.75 Å². The summed E-state index contributed by atoms with van der Waals surface area (Å²) in [7, 11) is 1.62.